The standard InChI is InChI=1S/C24H26N2O4S/c27-24(25-17-10-18-30-21-13-6-2-7-14-21)23(19-20-11-4-1-5-12-20)26-31(28,29)22-15-8-3-9-16-22/h1-9,11-16,23,26H,10,17-19H2,(H,25,27)/t23-/m0/s1. The van der Waals surface area contributed by atoms with Crippen molar-refractivity contribution in [2.45, 2.75) is 23.8 Å². The van der Waals surface area contributed by atoms with Crippen molar-refractivity contribution in [3.8, 4) is 5.75 Å². The lowest BCUT2D eigenvalue weighted by molar-refractivity contribution is -0.122. The van der Waals surface area contributed by atoms with Gasteiger partial charge in [-0.2, -0.15) is 4.72 Å². The molecule has 0 aliphatic heterocycles. The van der Waals surface area contributed by atoms with Gasteiger partial charge >= 0.3 is 0 Å². The number of ether oxygens (including phenoxy) is 1. The zero-order valence-corrected chi connectivity index (χ0v) is 17.9. The maximum absolute atomic E-state index is 12.8. The Morgan fingerprint density at radius 3 is 2.06 bits per heavy atom. The van der Waals surface area contributed by atoms with Crippen LogP contribution in [-0.2, 0) is 21.2 Å². The van der Waals surface area contributed by atoms with Crippen LogP contribution in [0.2, 0.25) is 0 Å². The third-order valence-electron chi connectivity index (χ3n) is 4.58. The number of rotatable bonds is 11. The largest absolute Gasteiger partial charge is 0.494 e. The van der Waals surface area contributed by atoms with E-state index >= 15 is 0 Å². The van der Waals surface area contributed by atoms with Crippen LogP contribution >= 0.6 is 0 Å². The molecule has 1 atom stereocenters. The Hall–Kier alpha value is -3.16. The zero-order chi connectivity index (χ0) is 21.9. The molecule has 3 aromatic carbocycles. The fourth-order valence-corrected chi connectivity index (χ4v) is 4.22. The highest BCUT2D eigenvalue weighted by molar-refractivity contribution is 7.89. The van der Waals surface area contributed by atoms with Gasteiger partial charge in [-0.15, -0.1) is 0 Å². The fraction of sp³-hybridized carbons (Fsp3) is 0.208. The van der Waals surface area contributed by atoms with Crippen LogP contribution in [0.15, 0.2) is 95.9 Å². The van der Waals surface area contributed by atoms with Crippen LogP contribution in [0.4, 0.5) is 0 Å². The van der Waals surface area contributed by atoms with E-state index in [2.05, 4.69) is 10.0 Å². The van der Waals surface area contributed by atoms with Gasteiger partial charge in [0.2, 0.25) is 15.9 Å². The molecule has 0 saturated carbocycles. The summed E-state index contributed by atoms with van der Waals surface area (Å²) < 4.78 is 33.7. The molecule has 2 N–H and O–H groups in total. The molecule has 7 heteroatoms. The summed E-state index contributed by atoms with van der Waals surface area (Å²) in [5, 5.41) is 2.82. The second-order valence-corrected chi connectivity index (χ2v) is 8.70. The van der Waals surface area contributed by atoms with E-state index in [1.54, 1.807) is 18.2 Å². The predicted octanol–water partition coefficient (Wildman–Crippen LogP) is 3.16. The van der Waals surface area contributed by atoms with E-state index in [-0.39, 0.29) is 17.2 Å². The van der Waals surface area contributed by atoms with Crippen LogP contribution in [0.1, 0.15) is 12.0 Å². The monoisotopic (exact) mass is 438 g/mol. The smallest absolute Gasteiger partial charge is 0.241 e. The molecule has 0 aromatic heterocycles. The summed E-state index contributed by atoms with van der Waals surface area (Å²) in [6.45, 7) is 0.827. The van der Waals surface area contributed by atoms with Crippen LogP contribution in [0.5, 0.6) is 5.75 Å². The van der Waals surface area contributed by atoms with E-state index in [1.807, 2.05) is 60.7 Å². The number of nitrogens with one attached hydrogen (secondary N) is 2. The molecule has 0 aliphatic rings. The second kappa shape index (κ2) is 11.3. The lowest BCUT2D eigenvalue weighted by Crippen LogP contribution is -2.48. The summed E-state index contributed by atoms with van der Waals surface area (Å²) in [7, 11) is -3.83. The highest BCUT2D eigenvalue weighted by Gasteiger charge is 2.25. The Morgan fingerprint density at radius 2 is 1.42 bits per heavy atom. The van der Waals surface area contributed by atoms with Gasteiger partial charge in [0.25, 0.3) is 0 Å². The lowest BCUT2D eigenvalue weighted by atomic mass is 10.1. The van der Waals surface area contributed by atoms with Crippen molar-refractivity contribution in [2.24, 2.45) is 0 Å². The van der Waals surface area contributed by atoms with E-state index in [9.17, 15) is 13.2 Å². The quantitative estimate of drug-likeness (QED) is 0.451. The number of amides is 1. The lowest BCUT2D eigenvalue weighted by Gasteiger charge is -2.19. The average molecular weight is 439 g/mol. The first kappa shape index (κ1) is 22.5. The molecule has 0 spiro atoms. The van der Waals surface area contributed by atoms with E-state index in [1.165, 1.54) is 12.1 Å². The fourth-order valence-electron chi connectivity index (χ4n) is 3.01. The van der Waals surface area contributed by atoms with Crippen molar-refractivity contribution >= 4 is 15.9 Å². The van der Waals surface area contributed by atoms with E-state index in [0.717, 1.165) is 11.3 Å². The molecule has 162 valence electrons. The number of para-hydroxylation sites is 1. The molecule has 1 amide bonds. The molecule has 0 aliphatic carbocycles. The van der Waals surface area contributed by atoms with Crippen LogP contribution < -0.4 is 14.8 Å². The Kier molecular flexibility index (Phi) is 8.20. The Morgan fingerprint density at radius 1 is 0.839 bits per heavy atom. The summed E-state index contributed by atoms with van der Waals surface area (Å²) >= 11 is 0. The average Bonchev–Trinajstić information content (AvgIpc) is 2.80. The Labute approximate surface area is 183 Å². The predicted molar refractivity (Wildman–Crippen MR) is 120 cm³/mol. The van der Waals surface area contributed by atoms with Gasteiger partial charge in [-0.25, -0.2) is 8.42 Å². The van der Waals surface area contributed by atoms with Crippen LogP contribution in [-0.4, -0.2) is 33.5 Å². The first-order valence-electron chi connectivity index (χ1n) is 10.1. The van der Waals surface area contributed by atoms with Crippen LogP contribution in [0, 0.1) is 0 Å². The summed E-state index contributed by atoms with van der Waals surface area (Å²) in [5.41, 5.74) is 0.867. The highest BCUT2D eigenvalue weighted by Crippen LogP contribution is 2.11. The van der Waals surface area contributed by atoms with Gasteiger partial charge in [-0.1, -0.05) is 66.7 Å². The second-order valence-electron chi connectivity index (χ2n) is 6.98. The van der Waals surface area contributed by atoms with Gasteiger partial charge in [0.1, 0.15) is 11.8 Å². The van der Waals surface area contributed by atoms with Gasteiger partial charge in [-0.3, -0.25) is 4.79 Å². The Balaban J connectivity index is 1.59. The third kappa shape index (κ3) is 7.24. The van der Waals surface area contributed by atoms with E-state index < -0.39 is 16.1 Å². The van der Waals surface area contributed by atoms with Gasteiger partial charge in [-0.05, 0) is 42.7 Å². The van der Waals surface area contributed by atoms with Crippen LogP contribution in [0.3, 0.4) is 0 Å². The van der Waals surface area contributed by atoms with E-state index in [4.69, 9.17) is 4.74 Å². The SMILES string of the molecule is O=C(NCCCOc1ccccc1)[C@H](Cc1ccccc1)NS(=O)(=O)c1ccccc1. The molecule has 0 unspecified atom stereocenters. The molecular weight excluding hydrogens is 412 g/mol. The maximum Gasteiger partial charge on any atom is 0.241 e. The van der Waals surface area contributed by atoms with Gasteiger partial charge in [0.05, 0.1) is 11.5 Å². The minimum absolute atomic E-state index is 0.122. The number of benzene rings is 3. The topological polar surface area (TPSA) is 84.5 Å². The number of sulfonamides is 1. The van der Waals surface area contributed by atoms with Crippen molar-refractivity contribution < 1.29 is 17.9 Å². The van der Waals surface area contributed by atoms with Crippen molar-refractivity contribution in [3.63, 3.8) is 0 Å². The zero-order valence-electron chi connectivity index (χ0n) is 17.1. The van der Waals surface area contributed by atoms with E-state index in [0.29, 0.717) is 19.6 Å². The number of hydrogen-bond donors (Lipinski definition) is 2. The molecule has 0 radical (unpaired) electrons. The summed E-state index contributed by atoms with van der Waals surface area (Å²) in [4.78, 5) is 12.9. The highest BCUT2D eigenvalue weighted by atomic mass is 32.2. The van der Waals surface area contributed by atoms with Crippen molar-refractivity contribution in [2.75, 3.05) is 13.2 Å². The Bertz CT molecular complexity index is 1040. The van der Waals surface area contributed by atoms with Crippen molar-refractivity contribution in [1.29, 1.82) is 0 Å². The molecule has 6 nitrogen and oxygen atoms in total. The minimum atomic E-state index is -3.83. The summed E-state index contributed by atoms with van der Waals surface area (Å²) in [6.07, 6.45) is 0.851. The molecule has 3 aromatic rings. The number of hydrogen-bond acceptors (Lipinski definition) is 4. The van der Waals surface area contributed by atoms with Gasteiger partial charge < -0.3 is 10.1 Å². The van der Waals surface area contributed by atoms with Crippen molar-refractivity contribution in [3.05, 3.63) is 96.6 Å². The summed E-state index contributed by atoms with van der Waals surface area (Å²) in [5.74, 6) is 0.398. The minimum Gasteiger partial charge on any atom is -0.494 e. The van der Waals surface area contributed by atoms with Crippen LogP contribution in [0.25, 0.3) is 0 Å². The molecule has 31 heavy (non-hydrogen) atoms. The maximum atomic E-state index is 12.8. The normalized spacial score (nSPS) is 12.1. The number of carbonyl (C=O) groups is 1. The summed E-state index contributed by atoms with van der Waals surface area (Å²) in [6, 6.07) is 25.9. The first-order chi connectivity index (χ1) is 15.0. The third-order valence-corrected chi connectivity index (χ3v) is 6.07. The molecular formula is C24H26N2O4S. The van der Waals surface area contributed by atoms with Crippen molar-refractivity contribution in [1.82, 2.24) is 10.0 Å². The molecule has 0 saturated heterocycles. The first-order valence-corrected chi connectivity index (χ1v) is 11.6. The molecule has 3 rings (SSSR count). The molecule has 0 fully saturated rings. The van der Waals surface area contributed by atoms with Gasteiger partial charge in [0.15, 0.2) is 0 Å². The molecule has 0 heterocycles. The number of carbonyl (C=O) groups excluding carboxylic acids is 1. The van der Waals surface area contributed by atoms with Gasteiger partial charge in [0, 0.05) is 6.54 Å². The molecule has 0 bridgehead atoms.